The summed E-state index contributed by atoms with van der Waals surface area (Å²) < 4.78 is 9.74. The summed E-state index contributed by atoms with van der Waals surface area (Å²) in [6, 6.07) is 0.367. The van der Waals surface area contributed by atoms with Gasteiger partial charge in [0.05, 0.1) is 12.7 Å². The van der Waals surface area contributed by atoms with Crippen molar-refractivity contribution < 1.29 is 14.6 Å². The first kappa shape index (κ1) is 12.8. The fourth-order valence-electron chi connectivity index (χ4n) is 0.985. The molecule has 0 rings (SSSR count). The van der Waals surface area contributed by atoms with Crippen LogP contribution in [0.1, 0.15) is 13.3 Å². The van der Waals surface area contributed by atoms with E-state index in [-0.39, 0.29) is 0 Å². The van der Waals surface area contributed by atoms with Gasteiger partial charge in [-0.2, -0.15) is 0 Å². The summed E-state index contributed by atoms with van der Waals surface area (Å²) in [5, 5.41) is 12.5. The minimum absolute atomic E-state index is 0.367. The van der Waals surface area contributed by atoms with Gasteiger partial charge in [-0.15, -0.1) is 0 Å². The molecule has 0 aromatic rings. The Bertz CT molecular complexity index is 111. The molecule has 0 heterocycles. The average molecular weight is 191 g/mol. The van der Waals surface area contributed by atoms with Gasteiger partial charge in [0, 0.05) is 33.4 Å². The number of aliphatic hydroxyl groups excluding tert-OH is 1. The highest BCUT2D eigenvalue weighted by Crippen LogP contribution is 1.91. The molecular weight excluding hydrogens is 170 g/mol. The molecule has 13 heavy (non-hydrogen) atoms. The Labute approximate surface area is 80.2 Å². The second kappa shape index (κ2) is 8.44. The minimum Gasteiger partial charge on any atom is -0.389 e. The summed E-state index contributed by atoms with van der Waals surface area (Å²) >= 11 is 0. The predicted molar refractivity (Wildman–Crippen MR) is 51.8 cm³/mol. The van der Waals surface area contributed by atoms with Gasteiger partial charge in [-0.1, -0.05) is 0 Å². The van der Waals surface area contributed by atoms with Crippen molar-refractivity contribution in [2.24, 2.45) is 0 Å². The molecule has 0 aromatic carbocycles. The first-order valence-corrected chi connectivity index (χ1v) is 4.60. The molecule has 0 aromatic heterocycles. The number of methoxy groups -OCH3 is 2. The van der Waals surface area contributed by atoms with Crippen molar-refractivity contribution in [3.63, 3.8) is 0 Å². The van der Waals surface area contributed by atoms with E-state index >= 15 is 0 Å². The zero-order valence-electron chi connectivity index (χ0n) is 8.75. The van der Waals surface area contributed by atoms with E-state index in [2.05, 4.69) is 12.2 Å². The lowest BCUT2D eigenvalue weighted by atomic mass is 10.2. The van der Waals surface area contributed by atoms with Crippen LogP contribution in [0.25, 0.3) is 0 Å². The molecule has 0 radical (unpaired) electrons. The van der Waals surface area contributed by atoms with Gasteiger partial charge in [-0.3, -0.25) is 0 Å². The molecule has 0 aliphatic carbocycles. The van der Waals surface area contributed by atoms with E-state index in [9.17, 15) is 5.11 Å². The molecule has 0 amide bonds. The molecule has 80 valence electrons. The fourth-order valence-corrected chi connectivity index (χ4v) is 0.985. The molecular formula is C9H21NO3. The molecule has 0 saturated heterocycles. The largest absolute Gasteiger partial charge is 0.389 e. The zero-order chi connectivity index (χ0) is 10.1. The lowest BCUT2D eigenvalue weighted by molar-refractivity contribution is 0.0621. The number of hydrogen-bond donors (Lipinski definition) is 2. The van der Waals surface area contributed by atoms with Crippen molar-refractivity contribution in [1.29, 1.82) is 0 Å². The van der Waals surface area contributed by atoms with Crippen LogP contribution in [0.5, 0.6) is 0 Å². The second-order valence-electron chi connectivity index (χ2n) is 3.20. The lowest BCUT2D eigenvalue weighted by Crippen LogP contribution is -2.36. The number of nitrogens with one attached hydrogen (secondary N) is 1. The van der Waals surface area contributed by atoms with Crippen LogP contribution in [-0.2, 0) is 9.47 Å². The second-order valence-corrected chi connectivity index (χ2v) is 3.20. The van der Waals surface area contributed by atoms with Crippen molar-refractivity contribution in [3.8, 4) is 0 Å². The smallest absolute Gasteiger partial charge is 0.0897 e. The maximum absolute atomic E-state index is 9.30. The van der Waals surface area contributed by atoms with Gasteiger partial charge in [-0.25, -0.2) is 0 Å². The Hall–Kier alpha value is -0.160. The number of rotatable bonds is 8. The molecule has 4 nitrogen and oxygen atoms in total. The van der Waals surface area contributed by atoms with Gasteiger partial charge >= 0.3 is 0 Å². The summed E-state index contributed by atoms with van der Waals surface area (Å²) in [4.78, 5) is 0. The van der Waals surface area contributed by atoms with E-state index in [4.69, 9.17) is 9.47 Å². The quantitative estimate of drug-likeness (QED) is 0.567. The summed E-state index contributed by atoms with van der Waals surface area (Å²) in [6.45, 7) is 3.76. The van der Waals surface area contributed by atoms with Crippen LogP contribution < -0.4 is 5.32 Å². The van der Waals surface area contributed by atoms with Gasteiger partial charge in [0.25, 0.3) is 0 Å². The van der Waals surface area contributed by atoms with Gasteiger partial charge in [0.2, 0.25) is 0 Å². The van der Waals surface area contributed by atoms with Crippen LogP contribution in [0.4, 0.5) is 0 Å². The molecule has 4 heteroatoms. The van der Waals surface area contributed by atoms with Crippen LogP contribution in [0.15, 0.2) is 0 Å². The van der Waals surface area contributed by atoms with Crippen molar-refractivity contribution in [3.05, 3.63) is 0 Å². The highest BCUT2D eigenvalue weighted by Gasteiger charge is 2.05. The summed E-state index contributed by atoms with van der Waals surface area (Å²) in [7, 11) is 3.27. The van der Waals surface area contributed by atoms with Gasteiger partial charge in [0.1, 0.15) is 0 Å². The van der Waals surface area contributed by atoms with E-state index < -0.39 is 6.10 Å². The average Bonchev–Trinajstić information content (AvgIpc) is 2.12. The summed E-state index contributed by atoms with van der Waals surface area (Å²) in [5.41, 5.74) is 0. The van der Waals surface area contributed by atoms with Gasteiger partial charge in [-0.05, 0) is 13.3 Å². The van der Waals surface area contributed by atoms with Crippen LogP contribution in [-0.4, -0.2) is 51.2 Å². The minimum atomic E-state index is -0.421. The molecule has 2 atom stereocenters. The van der Waals surface area contributed by atoms with Crippen LogP contribution in [0.2, 0.25) is 0 Å². The maximum Gasteiger partial charge on any atom is 0.0897 e. The zero-order valence-corrected chi connectivity index (χ0v) is 8.75. The monoisotopic (exact) mass is 191 g/mol. The van der Waals surface area contributed by atoms with Gasteiger partial charge in [0.15, 0.2) is 0 Å². The topological polar surface area (TPSA) is 50.7 Å². The number of aliphatic hydroxyl groups is 1. The highest BCUT2D eigenvalue weighted by molar-refractivity contribution is 4.64. The van der Waals surface area contributed by atoms with Crippen molar-refractivity contribution in [1.82, 2.24) is 5.32 Å². The predicted octanol–water partition coefficient (Wildman–Crippen LogP) is 0.00830. The molecule has 0 aliphatic heterocycles. The van der Waals surface area contributed by atoms with Crippen LogP contribution in [0.3, 0.4) is 0 Å². The number of ether oxygens (including phenoxy) is 2. The normalized spacial score (nSPS) is 15.7. The Balaban J connectivity index is 3.29. The molecule has 0 saturated carbocycles. The molecule has 0 bridgehead atoms. The van der Waals surface area contributed by atoms with Gasteiger partial charge < -0.3 is 19.9 Å². The molecule has 2 unspecified atom stereocenters. The Morgan fingerprint density at radius 1 is 1.31 bits per heavy atom. The highest BCUT2D eigenvalue weighted by atomic mass is 16.5. The van der Waals surface area contributed by atoms with E-state index in [1.165, 1.54) is 0 Å². The van der Waals surface area contributed by atoms with E-state index in [0.29, 0.717) is 19.2 Å². The third-order valence-corrected chi connectivity index (χ3v) is 1.82. The molecule has 2 N–H and O–H groups in total. The van der Waals surface area contributed by atoms with E-state index in [1.54, 1.807) is 14.2 Å². The fraction of sp³-hybridized carbons (Fsp3) is 1.00. The summed E-state index contributed by atoms with van der Waals surface area (Å²) in [6.07, 6.45) is 0.533. The van der Waals surface area contributed by atoms with Crippen molar-refractivity contribution in [2.75, 3.05) is 34.0 Å². The van der Waals surface area contributed by atoms with E-state index in [0.717, 1.165) is 13.0 Å². The molecule has 0 aliphatic rings. The number of hydrogen-bond acceptors (Lipinski definition) is 4. The Morgan fingerprint density at radius 2 is 2.00 bits per heavy atom. The first-order valence-electron chi connectivity index (χ1n) is 4.60. The van der Waals surface area contributed by atoms with Crippen LogP contribution >= 0.6 is 0 Å². The third kappa shape index (κ3) is 8.18. The molecule has 0 fully saturated rings. The van der Waals surface area contributed by atoms with Crippen molar-refractivity contribution in [2.45, 2.75) is 25.5 Å². The summed E-state index contributed by atoms with van der Waals surface area (Å²) in [5.74, 6) is 0. The van der Waals surface area contributed by atoms with E-state index in [1.807, 2.05) is 0 Å². The lowest BCUT2D eigenvalue weighted by Gasteiger charge is -2.16. The maximum atomic E-state index is 9.30. The third-order valence-electron chi connectivity index (χ3n) is 1.82. The first-order chi connectivity index (χ1) is 6.20. The Kier molecular flexibility index (Phi) is 8.33. The Morgan fingerprint density at radius 3 is 2.54 bits per heavy atom. The van der Waals surface area contributed by atoms with Crippen LogP contribution in [0, 0.1) is 0 Å². The SMILES string of the molecule is COCCC(C)NCC(O)COC. The van der Waals surface area contributed by atoms with Crippen molar-refractivity contribution >= 4 is 0 Å². The standard InChI is InChI=1S/C9H21NO3/c1-8(4-5-12-2)10-6-9(11)7-13-3/h8-11H,4-7H2,1-3H3. The molecule has 0 spiro atoms.